The number of benzene rings is 2. The first-order valence-electron chi connectivity index (χ1n) is 9.47. The van der Waals surface area contributed by atoms with Gasteiger partial charge in [0.2, 0.25) is 5.91 Å². The van der Waals surface area contributed by atoms with Gasteiger partial charge in [-0.1, -0.05) is 26.0 Å². The average molecular weight is 384 g/mol. The SMILES string of the molecule is CC(C)C(=O)Nc1ccc2c(c1)CN(CCc1ccc(F)cc1)C(=O)[C@@H](C)O2. The minimum Gasteiger partial charge on any atom is -0.481 e. The molecule has 0 saturated heterocycles. The number of ether oxygens (including phenoxy) is 1. The number of anilines is 1. The van der Waals surface area contributed by atoms with Crippen LogP contribution >= 0.6 is 0 Å². The topological polar surface area (TPSA) is 58.6 Å². The fraction of sp³-hybridized carbons (Fsp3) is 0.364. The van der Waals surface area contributed by atoms with Crippen LogP contribution in [-0.2, 0) is 22.6 Å². The van der Waals surface area contributed by atoms with E-state index >= 15 is 0 Å². The van der Waals surface area contributed by atoms with Crippen molar-refractivity contribution in [1.82, 2.24) is 4.90 Å². The normalized spacial score (nSPS) is 16.4. The number of carbonyl (C=O) groups excluding carboxylic acids is 2. The number of hydrogen-bond donors (Lipinski definition) is 1. The zero-order valence-corrected chi connectivity index (χ0v) is 16.4. The van der Waals surface area contributed by atoms with Crippen LogP contribution in [0.15, 0.2) is 42.5 Å². The summed E-state index contributed by atoms with van der Waals surface area (Å²) in [5.74, 6) is 0.0937. The quantitative estimate of drug-likeness (QED) is 0.854. The Labute approximate surface area is 164 Å². The van der Waals surface area contributed by atoms with Crippen molar-refractivity contribution < 1.29 is 18.7 Å². The van der Waals surface area contributed by atoms with Gasteiger partial charge in [-0.05, 0) is 49.2 Å². The maximum absolute atomic E-state index is 13.1. The lowest BCUT2D eigenvalue weighted by Crippen LogP contribution is -2.39. The lowest BCUT2D eigenvalue weighted by atomic mass is 10.1. The number of halogens is 1. The van der Waals surface area contributed by atoms with Gasteiger partial charge >= 0.3 is 0 Å². The fourth-order valence-corrected chi connectivity index (χ4v) is 3.07. The summed E-state index contributed by atoms with van der Waals surface area (Å²) >= 11 is 0. The van der Waals surface area contributed by atoms with E-state index in [0.717, 1.165) is 11.1 Å². The molecule has 3 rings (SSSR count). The van der Waals surface area contributed by atoms with Gasteiger partial charge < -0.3 is 15.0 Å². The summed E-state index contributed by atoms with van der Waals surface area (Å²) in [5, 5.41) is 2.88. The minimum absolute atomic E-state index is 0.0629. The van der Waals surface area contributed by atoms with Crippen LogP contribution in [0.25, 0.3) is 0 Å². The molecule has 2 amide bonds. The molecule has 148 valence electrons. The molecular weight excluding hydrogens is 359 g/mol. The van der Waals surface area contributed by atoms with Gasteiger partial charge in [-0.25, -0.2) is 4.39 Å². The van der Waals surface area contributed by atoms with Crippen molar-refractivity contribution in [3.63, 3.8) is 0 Å². The summed E-state index contributed by atoms with van der Waals surface area (Å²) in [6.07, 6.45) is 0.0308. The van der Waals surface area contributed by atoms with Crippen LogP contribution < -0.4 is 10.1 Å². The molecule has 0 spiro atoms. The average Bonchev–Trinajstić information content (AvgIpc) is 2.78. The van der Waals surface area contributed by atoms with Gasteiger partial charge in [0.25, 0.3) is 5.91 Å². The molecule has 2 aromatic rings. The number of rotatable bonds is 5. The summed E-state index contributed by atoms with van der Waals surface area (Å²) in [6.45, 7) is 6.29. The molecule has 0 saturated carbocycles. The first-order chi connectivity index (χ1) is 13.3. The molecule has 0 radical (unpaired) electrons. The first kappa shape index (κ1) is 19.9. The third-order valence-electron chi connectivity index (χ3n) is 4.76. The zero-order chi connectivity index (χ0) is 20.3. The second kappa shape index (κ2) is 8.42. The Morgan fingerprint density at radius 3 is 2.64 bits per heavy atom. The summed E-state index contributed by atoms with van der Waals surface area (Å²) in [6, 6.07) is 11.7. The van der Waals surface area contributed by atoms with Gasteiger partial charge in [-0.15, -0.1) is 0 Å². The van der Waals surface area contributed by atoms with Crippen LogP contribution in [0, 0.1) is 11.7 Å². The van der Waals surface area contributed by atoms with Gasteiger partial charge in [0, 0.05) is 30.3 Å². The Kier molecular flexibility index (Phi) is 5.97. The molecule has 1 atom stereocenters. The van der Waals surface area contributed by atoms with E-state index < -0.39 is 6.10 Å². The zero-order valence-electron chi connectivity index (χ0n) is 16.4. The molecule has 1 N–H and O–H groups in total. The van der Waals surface area contributed by atoms with Gasteiger partial charge in [0.05, 0.1) is 0 Å². The molecule has 0 bridgehead atoms. The third-order valence-corrected chi connectivity index (χ3v) is 4.76. The maximum atomic E-state index is 13.1. The summed E-state index contributed by atoms with van der Waals surface area (Å²) in [7, 11) is 0. The Hall–Kier alpha value is -2.89. The van der Waals surface area contributed by atoms with E-state index in [9.17, 15) is 14.0 Å². The molecule has 0 aromatic heterocycles. The van der Waals surface area contributed by atoms with Gasteiger partial charge in [0.15, 0.2) is 6.10 Å². The van der Waals surface area contributed by atoms with Crippen LogP contribution in [0.5, 0.6) is 5.75 Å². The van der Waals surface area contributed by atoms with Gasteiger partial charge in [-0.2, -0.15) is 0 Å². The van der Waals surface area contributed by atoms with Crippen LogP contribution in [0.2, 0.25) is 0 Å². The second-order valence-electron chi connectivity index (χ2n) is 7.36. The fourth-order valence-electron chi connectivity index (χ4n) is 3.07. The van der Waals surface area contributed by atoms with Gasteiger partial charge in [0.1, 0.15) is 11.6 Å². The largest absolute Gasteiger partial charge is 0.481 e. The molecule has 5 nitrogen and oxygen atoms in total. The van der Waals surface area contributed by atoms with Crippen LogP contribution in [0.3, 0.4) is 0 Å². The molecule has 0 aliphatic carbocycles. The van der Waals surface area contributed by atoms with Crippen molar-refractivity contribution in [1.29, 1.82) is 0 Å². The monoisotopic (exact) mass is 384 g/mol. The van der Waals surface area contributed by atoms with Crippen molar-refractivity contribution in [3.05, 3.63) is 59.4 Å². The first-order valence-corrected chi connectivity index (χ1v) is 9.47. The highest BCUT2D eigenvalue weighted by atomic mass is 19.1. The lowest BCUT2D eigenvalue weighted by Gasteiger charge is -2.22. The lowest BCUT2D eigenvalue weighted by molar-refractivity contribution is -0.137. The molecule has 0 fully saturated rings. The van der Waals surface area contributed by atoms with E-state index in [1.807, 2.05) is 19.9 Å². The van der Waals surface area contributed by atoms with E-state index in [2.05, 4.69) is 5.32 Å². The molecule has 1 heterocycles. The Balaban J connectivity index is 1.77. The highest BCUT2D eigenvalue weighted by Gasteiger charge is 2.27. The predicted octanol–water partition coefficient (Wildman–Crippen LogP) is 3.77. The maximum Gasteiger partial charge on any atom is 0.263 e. The van der Waals surface area contributed by atoms with E-state index in [-0.39, 0.29) is 23.5 Å². The van der Waals surface area contributed by atoms with Crippen LogP contribution in [-0.4, -0.2) is 29.4 Å². The van der Waals surface area contributed by atoms with Crippen molar-refractivity contribution in [2.75, 3.05) is 11.9 Å². The Bertz CT molecular complexity index is 865. The van der Waals surface area contributed by atoms with Crippen molar-refractivity contribution in [2.24, 2.45) is 5.92 Å². The molecule has 0 unspecified atom stereocenters. The number of carbonyl (C=O) groups is 2. The summed E-state index contributed by atoms with van der Waals surface area (Å²) < 4.78 is 18.9. The molecule has 1 aliphatic heterocycles. The molecule has 2 aromatic carbocycles. The van der Waals surface area contributed by atoms with E-state index in [1.165, 1.54) is 12.1 Å². The van der Waals surface area contributed by atoms with Crippen molar-refractivity contribution in [3.8, 4) is 5.75 Å². The Morgan fingerprint density at radius 2 is 1.96 bits per heavy atom. The standard InChI is InChI=1S/C22H25FN2O3/c1-14(2)21(26)24-19-8-9-20-17(12-19)13-25(22(27)15(3)28-20)11-10-16-4-6-18(23)7-5-16/h4-9,12,14-15H,10-11,13H2,1-3H3,(H,24,26)/t15-/m1/s1. The van der Waals surface area contributed by atoms with Crippen LogP contribution in [0.4, 0.5) is 10.1 Å². The highest BCUT2D eigenvalue weighted by molar-refractivity contribution is 5.92. The molecule has 6 heteroatoms. The highest BCUT2D eigenvalue weighted by Crippen LogP contribution is 2.29. The summed E-state index contributed by atoms with van der Waals surface area (Å²) in [4.78, 5) is 26.4. The third kappa shape index (κ3) is 4.68. The number of hydrogen-bond acceptors (Lipinski definition) is 3. The van der Waals surface area contributed by atoms with Crippen molar-refractivity contribution in [2.45, 2.75) is 39.8 Å². The molecule has 1 aliphatic rings. The van der Waals surface area contributed by atoms with E-state index in [0.29, 0.717) is 30.9 Å². The smallest absolute Gasteiger partial charge is 0.263 e. The van der Waals surface area contributed by atoms with Gasteiger partial charge in [-0.3, -0.25) is 9.59 Å². The Morgan fingerprint density at radius 1 is 1.25 bits per heavy atom. The minimum atomic E-state index is -0.592. The number of amides is 2. The number of fused-ring (bicyclic) bond motifs is 1. The molecule has 28 heavy (non-hydrogen) atoms. The van der Waals surface area contributed by atoms with Crippen LogP contribution in [0.1, 0.15) is 31.9 Å². The second-order valence-corrected chi connectivity index (χ2v) is 7.36. The predicted molar refractivity (Wildman–Crippen MR) is 106 cm³/mol. The van der Waals surface area contributed by atoms with Crippen molar-refractivity contribution >= 4 is 17.5 Å². The van der Waals surface area contributed by atoms with E-state index in [4.69, 9.17) is 4.74 Å². The van der Waals surface area contributed by atoms with E-state index in [1.54, 1.807) is 36.1 Å². The molecular formula is C22H25FN2O3. The number of nitrogens with zero attached hydrogens (tertiary/aromatic N) is 1. The summed E-state index contributed by atoms with van der Waals surface area (Å²) in [5.41, 5.74) is 2.49. The number of nitrogens with one attached hydrogen (secondary N) is 1.